The van der Waals surface area contributed by atoms with Gasteiger partial charge in [0.25, 0.3) is 0 Å². The van der Waals surface area contributed by atoms with Crippen molar-refractivity contribution in [1.29, 1.82) is 0 Å². The van der Waals surface area contributed by atoms with Crippen molar-refractivity contribution in [3.05, 3.63) is 64.6 Å². The number of benzene rings is 2. The molecule has 0 aliphatic heterocycles. The molecular weight excluding hydrogens is 348 g/mol. The number of hydrogen-bond acceptors (Lipinski definition) is 1. The summed E-state index contributed by atoms with van der Waals surface area (Å²) in [6.45, 7) is 0.427. The number of ether oxygens (including phenoxy) is 1. The third kappa shape index (κ3) is 7.09. The third-order valence-corrected chi connectivity index (χ3v) is 3.78. The summed E-state index contributed by atoms with van der Waals surface area (Å²) in [7, 11) is 0. The molecule has 0 aromatic heterocycles. The summed E-state index contributed by atoms with van der Waals surface area (Å²) >= 11 is 3.45. The average Bonchev–Trinajstić information content (AvgIpc) is 2.59. The van der Waals surface area contributed by atoms with E-state index in [2.05, 4.69) is 39.6 Å². The predicted molar refractivity (Wildman–Crippen MR) is 99.2 cm³/mol. The molecule has 1 nitrogen and oxygen atoms in total. The molecule has 0 unspecified atom stereocenters. The van der Waals surface area contributed by atoms with Gasteiger partial charge >= 0.3 is 0 Å². The van der Waals surface area contributed by atoms with Crippen LogP contribution < -0.4 is 4.74 Å². The first-order valence-corrected chi connectivity index (χ1v) is 8.52. The van der Waals surface area contributed by atoms with Gasteiger partial charge in [0.15, 0.2) is 0 Å². The van der Waals surface area contributed by atoms with Crippen LogP contribution in [0.15, 0.2) is 59.1 Å². The van der Waals surface area contributed by atoms with Crippen LogP contribution in [0.1, 0.15) is 31.2 Å². The average molecular weight is 367 g/mol. The molecule has 2 rings (SSSR count). The molecular formula is C21H19BrO. The fraction of sp³-hybridized carbons (Fsp3) is 0.238. The smallest absolute Gasteiger partial charge is 0.149 e. The van der Waals surface area contributed by atoms with E-state index < -0.39 is 0 Å². The second-order valence-corrected chi connectivity index (χ2v) is 5.80. The van der Waals surface area contributed by atoms with Crippen LogP contribution in [0.3, 0.4) is 0 Å². The van der Waals surface area contributed by atoms with E-state index in [0.717, 1.165) is 41.5 Å². The van der Waals surface area contributed by atoms with Gasteiger partial charge in [-0.2, -0.15) is 0 Å². The first kappa shape index (κ1) is 17.2. The van der Waals surface area contributed by atoms with Crippen LogP contribution in [0.25, 0.3) is 0 Å². The van der Waals surface area contributed by atoms with E-state index in [4.69, 9.17) is 4.74 Å². The summed E-state index contributed by atoms with van der Waals surface area (Å²) < 4.78 is 6.55. The zero-order valence-electron chi connectivity index (χ0n) is 13.0. The molecule has 0 bridgehead atoms. The summed E-state index contributed by atoms with van der Waals surface area (Å²) in [6.07, 6.45) is 3.97. The lowest BCUT2D eigenvalue weighted by atomic mass is 10.2. The van der Waals surface area contributed by atoms with Gasteiger partial charge < -0.3 is 4.74 Å². The summed E-state index contributed by atoms with van der Waals surface area (Å²) in [4.78, 5) is 0. The normalized spacial score (nSPS) is 9.26. The molecule has 0 aliphatic rings. The van der Waals surface area contributed by atoms with E-state index >= 15 is 0 Å². The molecule has 0 saturated carbocycles. The molecule has 0 heterocycles. The fourth-order valence-corrected chi connectivity index (χ4v) is 2.33. The molecule has 0 amide bonds. The Morgan fingerprint density at radius 2 is 1.48 bits per heavy atom. The lowest BCUT2D eigenvalue weighted by Crippen LogP contribution is -1.94. The van der Waals surface area contributed by atoms with Crippen LogP contribution >= 0.6 is 15.9 Å². The number of unbranched alkanes of at least 4 members (excludes halogenated alkanes) is 3. The SMILES string of the molecule is Brc1ccccc1OCC#CCCCCC#Cc1ccccc1. The van der Waals surface area contributed by atoms with Crippen LogP contribution in [0.5, 0.6) is 5.75 Å². The molecule has 2 aromatic rings. The van der Waals surface area contributed by atoms with Crippen molar-refractivity contribution in [2.45, 2.75) is 25.7 Å². The van der Waals surface area contributed by atoms with Crippen LogP contribution in [0, 0.1) is 23.7 Å². The second kappa shape index (κ2) is 10.5. The minimum absolute atomic E-state index is 0.427. The molecule has 2 aromatic carbocycles. The third-order valence-electron chi connectivity index (χ3n) is 3.12. The molecule has 0 fully saturated rings. The summed E-state index contributed by atoms with van der Waals surface area (Å²) in [6, 6.07) is 17.9. The topological polar surface area (TPSA) is 9.23 Å². The number of hydrogen-bond donors (Lipinski definition) is 0. The van der Waals surface area contributed by atoms with E-state index in [1.807, 2.05) is 54.6 Å². The quantitative estimate of drug-likeness (QED) is 0.505. The van der Waals surface area contributed by atoms with Crippen molar-refractivity contribution in [1.82, 2.24) is 0 Å². The van der Waals surface area contributed by atoms with Gasteiger partial charge in [-0.05, 0) is 53.0 Å². The zero-order valence-corrected chi connectivity index (χ0v) is 14.6. The lowest BCUT2D eigenvalue weighted by Gasteiger charge is -2.03. The molecule has 116 valence electrons. The van der Waals surface area contributed by atoms with E-state index in [0.29, 0.717) is 6.61 Å². The van der Waals surface area contributed by atoms with Crippen molar-refractivity contribution in [2.24, 2.45) is 0 Å². The van der Waals surface area contributed by atoms with E-state index in [1.165, 1.54) is 0 Å². The summed E-state index contributed by atoms with van der Waals surface area (Å²) in [5.41, 5.74) is 1.08. The van der Waals surface area contributed by atoms with Crippen LogP contribution in [0.4, 0.5) is 0 Å². The molecule has 0 radical (unpaired) electrons. The fourth-order valence-electron chi connectivity index (χ4n) is 1.93. The highest BCUT2D eigenvalue weighted by molar-refractivity contribution is 9.10. The van der Waals surface area contributed by atoms with Crippen molar-refractivity contribution in [2.75, 3.05) is 6.61 Å². The first-order valence-electron chi connectivity index (χ1n) is 7.73. The monoisotopic (exact) mass is 366 g/mol. The predicted octanol–water partition coefficient (Wildman–Crippen LogP) is 5.44. The summed E-state index contributed by atoms with van der Waals surface area (Å²) in [5, 5.41) is 0. The maximum Gasteiger partial charge on any atom is 0.149 e. The van der Waals surface area contributed by atoms with Gasteiger partial charge in [0.2, 0.25) is 0 Å². The Morgan fingerprint density at radius 3 is 2.26 bits per heavy atom. The van der Waals surface area contributed by atoms with Gasteiger partial charge in [0.05, 0.1) is 4.47 Å². The van der Waals surface area contributed by atoms with Gasteiger partial charge in [0.1, 0.15) is 12.4 Å². The van der Waals surface area contributed by atoms with Crippen LogP contribution in [-0.4, -0.2) is 6.61 Å². The van der Waals surface area contributed by atoms with E-state index in [1.54, 1.807) is 0 Å². The van der Waals surface area contributed by atoms with Gasteiger partial charge in [-0.1, -0.05) is 54.0 Å². The van der Waals surface area contributed by atoms with Gasteiger partial charge in [-0.15, -0.1) is 0 Å². The van der Waals surface area contributed by atoms with E-state index in [9.17, 15) is 0 Å². The molecule has 0 N–H and O–H groups in total. The highest BCUT2D eigenvalue weighted by Crippen LogP contribution is 2.23. The van der Waals surface area contributed by atoms with Crippen molar-refractivity contribution in [3.63, 3.8) is 0 Å². The molecule has 0 atom stereocenters. The standard InChI is InChI=1S/C21H19BrO/c22-20-16-10-11-17-21(20)23-18-12-5-3-1-2-4-7-13-19-14-8-6-9-15-19/h6,8-11,14-17H,1-4,18H2. The van der Waals surface area contributed by atoms with Gasteiger partial charge in [0, 0.05) is 18.4 Å². The van der Waals surface area contributed by atoms with Gasteiger partial charge in [-0.3, -0.25) is 0 Å². The highest BCUT2D eigenvalue weighted by atomic mass is 79.9. The van der Waals surface area contributed by atoms with Crippen LogP contribution in [0.2, 0.25) is 0 Å². The summed E-state index contributed by atoms with van der Waals surface area (Å²) in [5.74, 6) is 13.4. The number of para-hydroxylation sites is 1. The number of rotatable bonds is 5. The Labute approximate surface area is 147 Å². The number of halogens is 1. The van der Waals surface area contributed by atoms with Crippen molar-refractivity contribution < 1.29 is 4.74 Å². The molecule has 2 heteroatoms. The minimum Gasteiger partial charge on any atom is -0.480 e. The van der Waals surface area contributed by atoms with Crippen molar-refractivity contribution >= 4 is 15.9 Å². The molecule has 23 heavy (non-hydrogen) atoms. The molecule has 0 saturated heterocycles. The maximum atomic E-state index is 5.59. The van der Waals surface area contributed by atoms with Gasteiger partial charge in [-0.25, -0.2) is 0 Å². The van der Waals surface area contributed by atoms with Crippen molar-refractivity contribution in [3.8, 4) is 29.4 Å². The second-order valence-electron chi connectivity index (χ2n) is 4.95. The zero-order chi connectivity index (χ0) is 16.2. The van der Waals surface area contributed by atoms with Crippen LogP contribution in [-0.2, 0) is 0 Å². The highest BCUT2D eigenvalue weighted by Gasteiger charge is 1.96. The largest absolute Gasteiger partial charge is 0.480 e. The Balaban J connectivity index is 1.56. The Kier molecular flexibility index (Phi) is 7.89. The maximum absolute atomic E-state index is 5.59. The lowest BCUT2D eigenvalue weighted by molar-refractivity contribution is 0.368. The Hall–Kier alpha value is -2.16. The van der Waals surface area contributed by atoms with E-state index in [-0.39, 0.29) is 0 Å². The first-order chi connectivity index (χ1) is 11.4. The molecule has 0 aliphatic carbocycles. The molecule has 0 spiro atoms. The Bertz CT molecular complexity index is 714. The minimum atomic E-state index is 0.427. The Morgan fingerprint density at radius 1 is 0.783 bits per heavy atom.